The van der Waals surface area contributed by atoms with E-state index in [2.05, 4.69) is 20.9 Å². The Bertz CT molecular complexity index is 799. The normalized spacial score (nSPS) is 12.5. The molecule has 0 aromatic carbocycles. The minimum atomic E-state index is -4.72. The van der Waals surface area contributed by atoms with E-state index in [0.717, 1.165) is 4.40 Å². The van der Waals surface area contributed by atoms with Crippen LogP contribution in [0.1, 0.15) is 26.5 Å². The maximum Gasteiger partial charge on any atom is 0.436 e. The molecule has 0 radical (unpaired) electrons. The number of methoxy groups -OCH3 is 1. The van der Waals surface area contributed by atoms with Gasteiger partial charge in [-0.1, -0.05) is 11.6 Å². The van der Waals surface area contributed by atoms with Crippen molar-refractivity contribution in [2.75, 3.05) is 12.0 Å². The van der Waals surface area contributed by atoms with Gasteiger partial charge in [0.05, 0.1) is 17.4 Å². The zero-order valence-corrected chi connectivity index (χ0v) is 15.5. The van der Waals surface area contributed by atoms with Gasteiger partial charge in [-0.25, -0.2) is 9.78 Å². The number of nitrogens with zero attached hydrogens (tertiary/aromatic N) is 3. The lowest BCUT2D eigenvalue weighted by atomic mass is 10.1. The molecule has 2 aromatic rings. The fraction of sp³-hybridized carbons (Fsp3) is 0.429. The third kappa shape index (κ3) is 3.19. The van der Waals surface area contributed by atoms with Crippen molar-refractivity contribution >= 4 is 45.0 Å². The molecule has 132 valence electrons. The predicted molar refractivity (Wildman–Crippen MR) is 87.5 cm³/mol. The molecule has 0 bridgehead atoms. The second-order valence-electron chi connectivity index (χ2n) is 5.93. The number of hydrogen-bond acceptors (Lipinski definition) is 3. The fourth-order valence-electron chi connectivity index (χ4n) is 2.24. The van der Waals surface area contributed by atoms with Gasteiger partial charge in [0.15, 0.2) is 11.3 Å². The summed E-state index contributed by atoms with van der Waals surface area (Å²) in [4.78, 5) is 17.0. The van der Waals surface area contributed by atoms with Gasteiger partial charge in [0.25, 0.3) is 0 Å². The lowest BCUT2D eigenvalue weighted by Crippen LogP contribution is -2.46. The zero-order valence-electron chi connectivity index (χ0n) is 13.2. The average Bonchev–Trinajstić information content (AvgIpc) is 2.79. The number of hydrogen-bond donors (Lipinski definition) is 0. The molecule has 24 heavy (non-hydrogen) atoms. The highest BCUT2D eigenvalue weighted by atomic mass is 79.9. The second kappa shape index (κ2) is 6.11. The maximum atomic E-state index is 13.1. The summed E-state index contributed by atoms with van der Waals surface area (Å²) in [6, 6.07) is 2.96. The highest BCUT2D eigenvalue weighted by molar-refractivity contribution is 9.10. The van der Waals surface area contributed by atoms with E-state index < -0.39 is 28.7 Å². The Morgan fingerprint density at radius 3 is 2.38 bits per heavy atom. The summed E-state index contributed by atoms with van der Waals surface area (Å²) in [6.07, 6.45) is -5.45. The highest BCUT2D eigenvalue weighted by Gasteiger charge is 2.39. The monoisotopic (exact) mass is 427 g/mol. The average molecular weight is 429 g/mol. The topological polar surface area (TPSA) is 46.8 Å². The minimum absolute atomic E-state index is 0.109. The summed E-state index contributed by atoms with van der Waals surface area (Å²) in [7, 11) is 1.19. The summed E-state index contributed by atoms with van der Waals surface area (Å²) in [5, 5.41) is -0.593. The van der Waals surface area contributed by atoms with E-state index in [1.165, 1.54) is 24.1 Å². The van der Waals surface area contributed by atoms with Crippen molar-refractivity contribution < 1.29 is 22.7 Å². The molecule has 0 N–H and O–H groups in total. The van der Waals surface area contributed by atoms with Gasteiger partial charge < -0.3 is 4.74 Å². The minimum Gasteiger partial charge on any atom is -0.452 e. The number of ether oxygens (including phenoxy) is 1. The van der Waals surface area contributed by atoms with E-state index in [-0.39, 0.29) is 15.9 Å². The van der Waals surface area contributed by atoms with Crippen molar-refractivity contribution in [2.45, 2.75) is 32.5 Å². The highest BCUT2D eigenvalue weighted by Crippen LogP contribution is 2.39. The van der Waals surface area contributed by atoms with Crippen LogP contribution in [0, 0.1) is 0 Å². The van der Waals surface area contributed by atoms with Crippen LogP contribution in [0.4, 0.5) is 23.7 Å². The van der Waals surface area contributed by atoms with Crippen molar-refractivity contribution in [1.29, 1.82) is 0 Å². The van der Waals surface area contributed by atoms with Crippen LogP contribution in [-0.4, -0.2) is 28.1 Å². The molecular weight excluding hydrogens is 415 g/mol. The number of pyridine rings is 1. The fourth-order valence-corrected chi connectivity index (χ4v) is 3.14. The van der Waals surface area contributed by atoms with E-state index >= 15 is 0 Å². The lowest BCUT2D eigenvalue weighted by Gasteiger charge is -2.34. The number of imidazole rings is 1. The molecule has 5 nitrogen and oxygen atoms in total. The number of halogens is 5. The molecule has 2 aromatic heterocycles. The predicted octanol–water partition coefficient (Wildman–Crippen LogP) is 5.14. The van der Waals surface area contributed by atoms with Crippen molar-refractivity contribution in [1.82, 2.24) is 9.38 Å². The van der Waals surface area contributed by atoms with Gasteiger partial charge in [-0.3, -0.25) is 9.30 Å². The van der Waals surface area contributed by atoms with Crippen LogP contribution in [0.5, 0.6) is 0 Å². The summed E-state index contributed by atoms with van der Waals surface area (Å²) >= 11 is 9.02. The Labute approximate surface area is 149 Å². The quantitative estimate of drug-likeness (QED) is 0.591. The van der Waals surface area contributed by atoms with Crippen molar-refractivity contribution in [3.05, 3.63) is 27.6 Å². The molecule has 0 aliphatic carbocycles. The molecule has 0 saturated heterocycles. The van der Waals surface area contributed by atoms with E-state index in [9.17, 15) is 18.0 Å². The van der Waals surface area contributed by atoms with E-state index in [0.29, 0.717) is 0 Å². The number of fused-ring (bicyclic) bond motifs is 1. The van der Waals surface area contributed by atoms with Crippen LogP contribution in [0.15, 0.2) is 16.7 Å². The van der Waals surface area contributed by atoms with Gasteiger partial charge in [0.2, 0.25) is 0 Å². The maximum absolute atomic E-state index is 13.1. The third-order valence-electron chi connectivity index (χ3n) is 3.18. The molecule has 0 fully saturated rings. The van der Waals surface area contributed by atoms with Gasteiger partial charge in [0, 0.05) is 5.54 Å². The molecule has 0 unspecified atom stereocenters. The first-order chi connectivity index (χ1) is 10.9. The summed E-state index contributed by atoms with van der Waals surface area (Å²) in [5.74, 6) is 0. The van der Waals surface area contributed by atoms with Crippen LogP contribution >= 0.6 is 27.5 Å². The summed E-state index contributed by atoms with van der Waals surface area (Å²) in [5.41, 5.74) is -1.95. The first kappa shape index (κ1) is 18.9. The van der Waals surface area contributed by atoms with E-state index in [4.69, 9.17) is 16.3 Å². The molecule has 2 heterocycles. The summed E-state index contributed by atoms with van der Waals surface area (Å²) < 4.78 is 45.5. The van der Waals surface area contributed by atoms with Crippen molar-refractivity contribution in [2.24, 2.45) is 0 Å². The number of carbonyl (C=O) groups is 1. The molecule has 2 rings (SSSR count). The number of aromatic nitrogens is 2. The van der Waals surface area contributed by atoms with Crippen molar-refractivity contribution in [3.8, 4) is 0 Å². The third-order valence-corrected chi connectivity index (χ3v) is 4.15. The molecular formula is C14H14BrClF3N3O2. The van der Waals surface area contributed by atoms with E-state index in [1.54, 1.807) is 20.8 Å². The van der Waals surface area contributed by atoms with Crippen LogP contribution in [-0.2, 0) is 10.9 Å². The molecule has 10 heteroatoms. The van der Waals surface area contributed by atoms with Crippen LogP contribution < -0.4 is 4.90 Å². The molecule has 0 aliphatic rings. The number of rotatable bonds is 1. The van der Waals surface area contributed by atoms with Crippen molar-refractivity contribution in [3.63, 3.8) is 0 Å². The first-order valence-corrected chi connectivity index (χ1v) is 7.88. The number of amides is 1. The Balaban J connectivity index is 2.85. The number of carbonyl (C=O) groups excluding carboxylic acids is 1. The van der Waals surface area contributed by atoms with Gasteiger partial charge >= 0.3 is 12.3 Å². The number of alkyl halides is 3. The van der Waals surface area contributed by atoms with Gasteiger partial charge in [-0.2, -0.15) is 13.2 Å². The Kier molecular flexibility index (Phi) is 4.80. The Hall–Kier alpha value is -1.48. The summed E-state index contributed by atoms with van der Waals surface area (Å²) in [6.45, 7) is 5.16. The molecule has 0 saturated carbocycles. The van der Waals surface area contributed by atoms with Gasteiger partial charge in [0.1, 0.15) is 5.15 Å². The van der Waals surface area contributed by atoms with E-state index in [1.807, 2.05) is 0 Å². The largest absolute Gasteiger partial charge is 0.452 e. The zero-order chi connectivity index (χ0) is 18.4. The lowest BCUT2D eigenvalue weighted by molar-refractivity contribution is -0.140. The van der Waals surface area contributed by atoms with Crippen LogP contribution in [0.25, 0.3) is 5.65 Å². The second-order valence-corrected chi connectivity index (χ2v) is 7.10. The SMILES string of the molecule is COC(=O)N(c1ccc(Br)n2c(Cl)c(C(F)(F)F)nc12)C(C)(C)C. The van der Waals surface area contributed by atoms with Crippen LogP contribution in [0.3, 0.4) is 0 Å². The van der Waals surface area contributed by atoms with Crippen LogP contribution in [0.2, 0.25) is 5.15 Å². The Morgan fingerprint density at radius 2 is 1.92 bits per heavy atom. The van der Waals surface area contributed by atoms with Gasteiger partial charge in [-0.15, -0.1) is 0 Å². The molecule has 0 atom stereocenters. The number of anilines is 1. The molecule has 0 spiro atoms. The molecule has 1 amide bonds. The Morgan fingerprint density at radius 1 is 1.33 bits per heavy atom. The standard InChI is InChI=1S/C14H14BrClF3N3O2/c1-13(2,3)22(12(23)24-4)7-5-6-8(15)21-10(16)9(14(17,18)19)20-11(7)21/h5-6H,1-4H3. The smallest absolute Gasteiger partial charge is 0.436 e. The molecule has 0 aliphatic heterocycles. The first-order valence-electron chi connectivity index (χ1n) is 6.71. The van der Waals surface area contributed by atoms with Gasteiger partial charge in [-0.05, 0) is 48.8 Å².